The van der Waals surface area contributed by atoms with Gasteiger partial charge in [0, 0.05) is 6.54 Å². The minimum absolute atomic E-state index is 0.413. The maximum absolute atomic E-state index is 6.10. The molecule has 0 radical (unpaired) electrons. The fourth-order valence-corrected chi connectivity index (χ4v) is 3.66. The number of para-hydroxylation sites is 1. The number of aromatic nitrogens is 2. The van der Waals surface area contributed by atoms with Crippen LogP contribution in [0.5, 0.6) is 0 Å². The average Bonchev–Trinajstić information content (AvgIpc) is 2.95. The van der Waals surface area contributed by atoms with E-state index in [-0.39, 0.29) is 0 Å². The van der Waals surface area contributed by atoms with Crippen LogP contribution in [0, 0.1) is 12.3 Å². The van der Waals surface area contributed by atoms with Crippen LogP contribution in [0.4, 0.5) is 0 Å². The molecule has 1 aromatic heterocycles. The van der Waals surface area contributed by atoms with Gasteiger partial charge in [0.1, 0.15) is 5.82 Å². The third kappa shape index (κ3) is 2.27. The quantitative estimate of drug-likeness (QED) is 0.745. The van der Waals surface area contributed by atoms with Crippen molar-refractivity contribution in [1.29, 1.82) is 0 Å². The number of hydrogen-bond donors (Lipinski definition) is 0. The fraction of sp³-hybridized carbons (Fsp3) is 0.562. The Labute approximate surface area is 119 Å². The molecule has 1 aliphatic carbocycles. The van der Waals surface area contributed by atoms with E-state index in [0.29, 0.717) is 11.3 Å². The Hall–Kier alpha value is -1.02. The van der Waals surface area contributed by atoms with E-state index in [2.05, 4.69) is 36.6 Å². The van der Waals surface area contributed by atoms with E-state index >= 15 is 0 Å². The largest absolute Gasteiger partial charge is 0.326 e. The lowest BCUT2D eigenvalue weighted by Crippen LogP contribution is -2.21. The monoisotopic (exact) mass is 276 g/mol. The zero-order chi connectivity index (χ0) is 13.5. The van der Waals surface area contributed by atoms with Crippen LogP contribution in [0.15, 0.2) is 18.2 Å². The highest BCUT2D eigenvalue weighted by Gasteiger charge is 2.30. The van der Waals surface area contributed by atoms with Crippen molar-refractivity contribution in [3.8, 4) is 0 Å². The van der Waals surface area contributed by atoms with Crippen molar-refractivity contribution in [2.75, 3.05) is 0 Å². The highest BCUT2D eigenvalue weighted by Crippen LogP contribution is 2.40. The summed E-state index contributed by atoms with van der Waals surface area (Å²) >= 11 is 6.10. The lowest BCUT2D eigenvalue weighted by Gasteiger charge is -2.25. The number of fused-ring (bicyclic) bond motifs is 1. The Morgan fingerprint density at radius 1 is 1.32 bits per heavy atom. The van der Waals surface area contributed by atoms with Crippen molar-refractivity contribution in [1.82, 2.24) is 9.55 Å². The molecule has 1 aromatic carbocycles. The van der Waals surface area contributed by atoms with Crippen molar-refractivity contribution in [3.63, 3.8) is 0 Å². The summed E-state index contributed by atoms with van der Waals surface area (Å²) in [6, 6.07) is 6.33. The zero-order valence-corrected chi connectivity index (χ0v) is 12.5. The van der Waals surface area contributed by atoms with E-state index in [4.69, 9.17) is 16.6 Å². The topological polar surface area (TPSA) is 17.8 Å². The minimum atomic E-state index is 0.413. The van der Waals surface area contributed by atoms with Gasteiger partial charge < -0.3 is 4.57 Å². The van der Waals surface area contributed by atoms with Crippen LogP contribution in [0.3, 0.4) is 0 Å². The molecule has 2 nitrogen and oxygen atoms in total. The second kappa shape index (κ2) is 4.82. The zero-order valence-electron chi connectivity index (χ0n) is 11.7. The smallest absolute Gasteiger partial charge is 0.124 e. The summed E-state index contributed by atoms with van der Waals surface area (Å²) in [7, 11) is 0. The van der Waals surface area contributed by atoms with Gasteiger partial charge in [-0.15, -0.1) is 11.6 Å². The standard InChI is InChI=1S/C16H21ClN2/c1-12-6-5-7-13-15(12)19(14(10-17)18-13)11-16(2)8-3-4-9-16/h5-7H,3-4,8-11H2,1-2H3. The molecule has 1 heterocycles. The molecule has 3 heteroatoms. The number of imidazole rings is 1. The van der Waals surface area contributed by atoms with Crippen molar-refractivity contribution >= 4 is 22.6 Å². The SMILES string of the molecule is Cc1cccc2nc(CCl)n(CC3(C)CCCC3)c12. The first-order chi connectivity index (χ1) is 9.13. The molecule has 0 aliphatic heterocycles. The molecule has 0 bridgehead atoms. The van der Waals surface area contributed by atoms with E-state index < -0.39 is 0 Å². The molecule has 0 unspecified atom stereocenters. The van der Waals surface area contributed by atoms with Crippen molar-refractivity contribution < 1.29 is 0 Å². The number of aryl methyl sites for hydroxylation is 1. The van der Waals surface area contributed by atoms with Crippen molar-refractivity contribution in [2.24, 2.45) is 5.41 Å². The van der Waals surface area contributed by atoms with Crippen molar-refractivity contribution in [3.05, 3.63) is 29.6 Å². The molecule has 0 saturated heterocycles. The van der Waals surface area contributed by atoms with Crippen LogP contribution < -0.4 is 0 Å². The van der Waals surface area contributed by atoms with Crippen molar-refractivity contribution in [2.45, 2.75) is 52.0 Å². The lowest BCUT2D eigenvalue weighted by atomic mass is 9.88. The second-order valence-corrected chi connectivity index (χ2v) is 6.48. The van der Waals surface area contributed by atoms with Gasteiger partial charge in [0.2, 0.25) is 0 Å². The summed E-state index contributed by atoms with van der Waals surface area (Å²) in [4.78, 5) is 4.70. The van der Waals surface area contributed by atoms with Crippen LogP contribution >= 0.6 is 11.6 Å². The van der Waals surface area contributed by atoms with Gasteiger partial charge in [-0.25, -0.2) is 4.98 Å². The highest BCUT2D eigenvalue weighted by molar-refractivity contribution is 6.16. The molecule has 3 rings (SSSR count). The Kier molecular flexibility index (Phi) is 3.30. The van der Waals surface area contributed by atoms with E-state index in [0.717, 1.165) is 17.9 Å². The second-order valence-electron chi connectivity index (χ2n) is 6.21. The first-order valence-electron chi connectivity index (χ1n) is 7.14. The molecule has 19 heavy (non-hydrogen) atoms. The van der Waals surface area contributed by atoms with Gasteiger partial charge in [-0.1, -0.05) is 31.9 Å². The van der Waals surface area contributed by atoms with Crippen LogP contribution in [0.1, 0.15) is 44.0 Å². The average molecular weight is 277 g/mol. The Bertz CT molecular complexity index is 594. The van der Waals surface area contributed by atoms with Gasteiger partial charge in [0.25, 0.3) is 0 Å². The predicted octanol–water partition coefficient (Wildman–Crippen LogP) is 4.66. The molecular formula is C16H21ClN2. The normalized spacial score (nSPS) is 18.3. The molecule has 102 valence electrons. The number of halogens is 1. The van der Waals surface area contributed by atoms with Gasteiger partial charge in [-0.3, -0.25) is 0 Å². The summed E-state index contributed by atoms with van der Waals surface area (Å²) in [5.41, 5.74) is 4.06. The molecule has 1 saturated carbocycles. The number of nitrogens with zero attached hydrogens (tertiary/aromatic N) is 2. The highest BCUT2D eigenvalue weighted by atomic mass is 35.5. The van der Waals surface area contributed by atoms with Crippen LogP contribution in [-0.4, -0.2) is 9.55 Å². The maximum Gasteiger partial charge on any atom is 0.124 e. The third-order valence-corrected chi connectivity index (χ3v) is 4.76. The van der Waals surface area contributed by atoms with Gasteiger partial charge in [0.15, 0.2) is 0 Å². The summed E-state index contributed by atoms with van der Waals surface area (Å²) in [5, 5.41) is 0. The molecule has 0 atom stereocenters. The molecule has 1 fully saturated rings. The number of alkyl halides is 1. The van der Waals surface area contributed by atoms with Gasteiger partial charge in [-0.05, 0) is 36.8 Å². The molecule has 0 spiro atoms. The predicted molar refractivity (Wildman–Crippen MR) is 80.6 cm³/mol. The molecule has 1 aliphatic rings. The maximum atomic E-state index is 6.10. The molecule has 0 N–H and O–H groups in total. The summed E-state index contributed by atoms with van der Waals surface area (Å²) in [6.45, 7) is 5.62. The molecule has 0 amide bonds. The Morgan fingerprint density at radius 2 is 2.05 bits per heavy atom. The van der Waals surface area contributed by atoms with Crippen LogP contribution in [-0.2, 0) is 12.4 Å². The number of benzene rings is 1. The van der Waals surface area contributed by atoms with Gasteiger partial charge in [-0.2, -0.15) is 0 Å². The van der Waals surface area contributed by atoms with Gasteiger partial charge in [0.05, 0.1) is 16.9 Å². The first-order valence-corrected chi connectivity index (χ1v) is 7.67. The fourth-order valence-electron chi connectivity index (χ4n) is 3.45. The van der Waals surface area contributed by atoms with Crippen LogP contribution in [0.2, 0.25) is 0 Å². The third-order valence-electron chi connectivity index (χ3n) is 4.52. The number of hydrogen-bond acceptors (Lipinski definition) is 1. The van der Waals surface area contributed by atoms with E-state index in [1.54, 1.807) is 0 Å². The summed E-state index contributed by atoms with van der Waals surface area (Å²) in [5.74, 6) is 1.50. The molecular weight excluding hydrogens is 256 g/mol. The lowest BCUT2D eigenvalue weighted by molar-refractivity contribution is 0.282. The Balaban J connectivity index is 2.10. The molecule has 2 aromatic rings. The van der Waals surface area contributed by atoms with E-state index in [1.165, 1.54) is 36.8 Å². The first kappa shape index (κ1) is 13.0. The van der Waals surface area contributed by atoms with E-state index in [9.17, 15) is 0 Å². The van der Waals surface area contributed by atoms with Gasteiger partial charge >= 0.3 is 0 Å². The summed E-state index contributed by atoms with van der Waals surface area (Å²) in [6.07, 6.45) is 5.36. The Morgan fingerprint density at radius 3 is 2.74 bits per heavy atom. The van der Waals surface area contributed by atoms with E-state index in [1.807, 2.05) is 0 Å². The minimum Gasteiger partial charge on any atom is -0.326 e. The van der Waals surface area contributed by atoms with Crippen LogP contribution in [0.25, 0.3) is 11.0 Å². The summed E-state index contributed by atoms with van der Waals surface area (Å²) < 4.78 is 2.36. The number of rotatable bonds is 3.